The highest BCUT2D eigenvalue weighted by atomic mass is 16.5. The van der Waals surface area contributed by atoms with E-state index in [0.29, 0.717) is 23.0 Å². The Morgan fingerprint density at radius 1 is 1.26 bits per heavy atom. The van der Waals surface area contributed by atoms with Crippen LogP contribution in [0.1, 0.15) is 26.5 Å². The van der Waals surface area contributed by atoms with Gasteiger partial charge in [0.25, 0.3) is 11.3 Å². The number of nitrogen functional groups attached to an aromatic ring is 1. The lowest BCUT2D eigenvalue weighted by molar-refractivity contribution is 0.417. The van der Waals surface area contributed by atoms with Gasteiger partial charge in [-0.1, -0.05) is 20.8 Å². The second-order valence-electron chi connectivity index (χ2n) is 6.27. The summed E-state index contributed by atoms with van der Waals surface area (Å²) >= 11 is 0. The van der Waals surface area contributed by atoms with Crippen molar-refractivity contribution in [2.24, 2.45) is 0 Å². The van der Waals surface area contributed by atoms with Crippen molar-refractivity contribution in [1.82, 2.24) is 24.8 Å². The second kappa shape index (κ2) is 5.08. The number of aromatic amines is 1. The Labute approximate surface area is 132 Å². The van der Waals surface area contributed by atoms with Crippen molar-refractivity contribution in [1.29, 1.82) is 0 Å². The average Bonchev–Trinajstić information content (AvgIpc) is 2.87. The summed E-state index contributed by atoms with van der Waals surface area (Å²) in [5.41, 5.74) is 6.91. The van der Waals surface area contributed by atoms with Gasteiger partial charge in [-0.15, -0.1) is 10.2 Å². The molecule has 0 spiro atoms. The molecule has 8 nitrogen and oxygen atoms in total. The summed E-state index contributed by atoms with van der Waals surface area (Å²) in [6, 6.07) is 5.30. The zero-order valence-electron chi connectivity index (χ0n) is 13.4. The van der Waals surface area contributed by atoms with Crippen LogP contribution >= 0.6 is 0 Å². The molecule has 3 N–H and O–H groups in total. The standard InChI is InChI=1S/C15H18N6O2/c1-15(2,3)11-13(22)17-14-19-18-12(21(14)20-11)8-5-6-10(23-4)9(16)7-8/h5-7H,16H2,1-4H3,(H,17,19,22). The van der Waals surface area contributed by atoms with Gasteiger partial charge in [0.2, 0.25) is 0 Å². The number of aromatic nitrogens is 5. The predicted molar refractivity (Wildman–Crippen MR) is 86.5 cm³/mol. The van der Waals surface area contributed by atoms with Crippen LogP contribution in [0.25, 0.3) is 17.2 Å². The van der Waals surface area contributed by atoms with Crippen molar-refractivity contribution < 1.29 is 4.74 Å². The smallest absolute Gasteiger partial charge is 0.274 e. The van der Waals surface area contributed by atoms with E-state index >= 15 is 0 Å². The molecule has 0 saturated heterocycles. The number of hydrogen-bond donors (Lipinski definition) is 2. The van der Waals surface area contributed by atoms with Crippen LogP contribution in [0.2, 0.25) is 0 Å². The van der Waals surface area contributed by atoms with E-state index in [1.807, 2.05) is 26.8 Å². The van der Waals surface area contributed by atoms with Crippen LogP contribution < -0.4 is 16.0 Å². The molecule has 0 saturated carbocycles. The van der Waals surface area contributed by atoms with Crippen LogP contribution in [0.5, 0.6) is 5.75 Å². The maximum Gasteiger partial charge on any atom is 0.274 e. The molecule has 120 valence electrons. The predicted octanol–water partition coefficient (Wildman–Crippen LogP) is 1.37. The van der Waals surface area contributed by atoms with Crippen LogP contribution in [-0.2, 0) is 5.41 Å². The van der Waals surface area contributed by atoms with Crippen molar-refractivity contribution in [2.75, 3.05) is 12.8 Å². The number of hydrogen-bond acceptors (Lipinski definition) is 6. The third-order valence-corrected chi connectivity index (χ3v) is 3.48. The Balaban J connectivity index is 2.23. The molecule has 0 aliphatic rings. The van der Waals surface area contributed by atoms with Gasteiger partial charge >= 0.3 is 0 Å². The van der Waals surface area contributed by atoms with E-state index in [0.717, 1.165) is 5.56 Å². The molecular formula is C15H18N6O2. The fourth-order valence-electron chi connectivity index (χ4n) is 2.30. The fraction of sp³-hybridized carbons (Fsp3) is 0.333. The summed E-state index contributed by atoms with van der Waals surface area (Å²) in [4.78, 5) is 14.8. The van der Waals surface area contributed by atoms with Gasteiger partial charge in [0, 0.05) is 11.0 Å². The molecule has 3 rings (SSSR count). The lowest BCUT2D eigenvalue weighted by atomic mass is 9.93. The third kappa shape index (κ3) is 2.52. The van der Waals surface area contributed by atoms with E-state index in [2.05, 4.69) is 20.3 Å². The Kier molecular flexibility index (Phi) is 3.32. The van der Waals surface area contributed by atoms with Crippen molar-refractivity contribution >= 4 is 11.5 Å². The summed E-state index contributed by atoms with van der Waals surface area (Å²) in [6.45, 7) is 5.77. The molecule has 0 unspecified atom stereocenters. The van der Waals surface area contributed by atoms with Crippen LogP contribution in [0.4, 0.5) is 5.69 Å². The Hall–Kier alpha value is -2.90. The van der Waals surface area contributed by atoms with Crippen molar-refractivity contribution in [3.8, 4) is 17.1 Å². The van der Waals surface area contributed by atoms with Crippen LogP contribution in [0.3, 0.4) is 0 Å². The zero-order valence-corrected chi connectivity index (χ0v) is 13.4. The number of nitrogens with two attached hydrogens (primary N) is 1. The van der Waals surface area contributed by atoms with E-state index in [1.165, 1.54) is 4.52 Å². The number of fused-ring (bicyclic) bond motifs is 1. The van der Waals surface area contributed by atoms with Crippen LogP contribution in [-0.4, -0.2) is 31.9 Å². The molecule has 0 atom stereocenters. The van der Waals surface area contributed by atoms with Crippen molar-refractivity contribution in [3.05, 3.63) is 34.2 Å². The zero-order chi connectivity index (χ0) is 16.8. The van der Waals surface area contributed by atoms with Gasteiger partial charge in [-0.25, -0.2) is 0 Å². The van der Waals surface area contributed by atoms with Crippen molar-refractivity contribution in [3.63, 3.8) is 0 Å². The Morgan fingerprint density at radius 3 is 2.61 bits per heavy atom. The van der Waals surface area contributed by atoms with Gasteiger partial charge in [-0.3, -0.25) is 9.78 Å². The molecule has 1 aromatic carbocycles. The monoisotopic (exact) mass is 314 g/mol. The number of rotatable bonds is 2. The first-order chi connectivity index (χ1) is 10.8. The summed E-state index contributed by atoms with van der Waals surface area (Å²) < 4.78 is 6.67. The topological polar surface area (TPSA) is 111 Å². The normalized spacial score (nSPS) is 11.8. The fourth-order valence-corrected chi connectivity index (χ4v) is 2.30. The van der Waals surface area contributed by atoms with E-state index < -0.39 is 5.41 Å². The molecule has 0 amide bonds. The largest absolute Gasteiger partial charge is 0.495 e. The number of methoxy groups -OCH3 is 1. The number of ether oxygens (including phenoxy) is 1. The molecule has 3 aromatic rings. The first-order valence-corrected chi connectivity index (χ1v) is 7.11. The molecular weight excluding hydrogens is 296 g/mol. The second-order valence-corrected chi connectivity index (χ2v) is 6.27. The first-order valence-electron chi connectivity index (χ1n) is 7.11. The maximum atomic E-state index is 12.1. The molecule has 0 aliphatic heterocycles. The van der Waals surface area contributed by atoms with Gasteiger partial charge in [0.05, 0.1) is 12.8 Å². The summed E-state index contributed by atoms with van der Waals surface area (Å²) in [7, 11) is 1.56. The number of nitrogens with one attached hydrogen (secondary N) is 1. The third-order valence-electron chi connectivity index (χ3n) is 3.48. The van der Waals surface area contributed by atoms with E-state index in [9.17, 15) is 4.79 Å². The number of nitrogens with zero attached hydrogens (tertiary/aromatic N) is 4. The van der Waals surface area contributed by atoms with Gasteiger partial charge < -0.3 is 10.5 Å². The lowest BCUT2D eigenvalue weighted by Crippen LogP contribution is -2.28. The molecule has 0 fully saturated rings. The minimum Gasteiger partial charge on any atom is -0.495 e. The number of benzene rings is 1. The average molecular weight is 314 g/mol. The van der Waals surface area contributed by atoms with Gasteiger partial charge in [-0.2, -0.15) is 9.61 Å². The van der Waals surface area contributed by atoms with E-state index in [1.54, 1.807) is 19.2 Å². The highest BCUT2D eigenvalue weighted by Gasteiger charge is 2.22. The summed E-state index contributed by atoms with van der Waals surface area (Å²) in [5, 5.41) is 12.5. The van der Waals surface area contributed by atoms with E-state index in [-0.39, 0.29) is 11.3 Å². The molecule has 0 aliphatic carbocycles. The highest BCUT2D eigenvalue weighted by Crippen LogP contribution is 2.27. The van der Waals surface area contributed by atoms with Gasteiger partial charge in [0.1, 0.15) is 11.4 Å². The number of H-pyrrole nitrogens is 1. The van der Waals surface area contributed by atoms with E-state index in [4.69, 9.17) is 10.5 Å². The molecule has 8 heteroatoms. The minimum absolute atomic E-state index is 0.266. The van der Waals surface area contributed by atoms with Crippen LogP contribution in [0.15, 0.2) is 23.0 Å². The minimum atomic E-state index is -0.401. The van der Waals surface area contributed by atoms with Crippen LogP contribution in [0, 0.1) is 0 Å². The molecule has 0 bridgehead atoms. The quantitative estimate of drug-likeness (QED) is 0.691. The molecule has 0 radical (unpaired) electrons. The summed E-state index contributed by atoms with van der Waals surface area (Å²) in [6.07, 6.45) is 0. The first kappa shape index (κ1) is 15.0. The Morgan fingerprint density at radius 2 is 2.00 bits per heavy atom. The molecule has 2 heterocycles. The SMILES string of the molecule is COc1ccc(-c2nnc3[nH]c(=O)c(C(C)(C)C)nn23)cc1N. The maximum absolute atomic E-state index is 12.1. The Bertz CT molecular complexity index is 935. The molecule has 2 aromatic heterocycles. The van der Waals surface area contributed by atoms with Gasteiger partial charge in [-0.05, 0) is 18.2 Å². The summed E-state index contributed by atoms with van der Waals surface area (Å²) in [5.74, 6) is 1.36. The molecule has 23 heavy (non-hydrogen) atoms. The lowest BCUT2D eigenvalue weighted by Gasteiger charge is -2.16. The van der Waals surface area contributed by atoms with Gasteiger partial charge in [0.15, 0.2) is 5.82 Å². The highest BCUT2D eigenvalue weighted by molar-refractivity contribution is 5.67. The van der Waals surface area contributed by atoms with Crippen molar-refractivity contribution in [2.45, 2.75) is 26.2 Å². The number of anilines is 1.